The van der Waals surface area contributed by atoms with E-state index in [2.05, 4.69) is 23.3 Å². The molecule has 0 fully saturated rings. The number of hydrogen-bond acceptors (Lipinski definition) is 5. The molecular formula is C15H18N4O2. The van der Waals surface area contributed by atoms with Crippen LogP contribution < -0.4 is 9.47 Å². The van der Waals surface area contributed by atoms with Crippen molar-refractivity contribution in [2.24, 2.45) is 0 Å². The molecule has 0 aliphatic rings. The van der Waals surface area contributed by atoms with Gasteiger partial charge in [0.05, 0.1) is 19.3 Å². The zero-order valence-corrected chi connectivity index (χ0v) is 12.2. The summed E-state index contributed by atoms with van der Waals surface area (Å²) in [4.78, 5) is 0. The minimum Gasteiger partial charge on any atom is -0.497 e. The molecule has 6 nitrogen and oxygen atoms in total. The van der Waals surface area contributed by atoms with Gasteiger partial charge in [-0.2, -0.15) is 5.26 Å². The normalized spacial score (nSPS) is 10.1. The third-order valence-electron chi connectivity index (χ3n) is 3.06. The zero-order chi connectivity index (χ0) is 15.1. The Morgan fingerprint density at radius 1 is 1.24 bits per heavy atom. The maximum atomic E-state index is 9.00. The summed E-state index contributed by atoms with van der Waals surface area (Å²) in [5.41, 5.74) is 1.28. The van der Waals surface area contributed by atoms with Crippen LogP contribution in [0.4, 0.5) is 0 Å². The lowest BCUT2D eigenvalue weighted by Gasteiger charge is -2.08. The maximum absolute atomic E-state index is 9.00. The number of nitriles is 1. The second-order valence-electron chi connectivity index (χ2n) is 4.49. The first-order valence-electron chi connectivity index (χ1n) is 6.87. The first kappa shape index (κ1) is 14.9. The van der Waals surface area contributed by atoms with Crippen molar-refractivity contribution in [3.63, 3.8) is 0 Å². The Morgan fingerprint density at radius 2 is 1.95 bits per heavy atom. The summed E-state index contributed by atoms with van der Waals surface area (Å²) in [6, 6.07) is 9.48. The third-order valence-corrected chi connectivity index (χ3v) is 3.06. The van der Waals surface area contributed by atoms with Crippen molar-refractivity contribution >= 4 is 0 Å². The number of rotatable bonds is 7. The number of aromatic nitrogens is 3. The maximum Gasteiger partial charge on any atom is 0.185 e. The smallest absolute Gasteiger partial charge is 0.185 e. The van der Waals surface area contributed by atoms with E-state index in [0.29, 0.717) is 18.8 Å². The van der Waals surface area contributed by atoms with Gasteiger partial charge in [0.2, 0.25) is 0 Å². The molecule has 110 valence electrons. The van der Waals surface area contributed by atoms with Crippen molar-refractivity contribution in [3.8, 4) is 17.6 Å². The highest BCUT2D eigenvalue weighted by Gasteiger charge is 2.11. The molecule has 0 amide bonds. The van der Waals surface area contributed by atoms with Crippen molar-refractivity contribution < 1.29 is 9.47 Å². The topological polar surface area (TPSA) is 73.0 Å². The lowest BCUT2D eigenvalue weighted by molar-refractivity contribution is 0.287. The van der Waals surface area contributed by atoms with Crippen molar-refractivity contribution in [1.82, 2.24) is 15.0 Å². The Morgan fingerprint density at radius 3 is 2.57 bits per heavy atom. The standard InChI is InChI=1S/C15H18N4O2/c1-3-4-15-14(11-16)17-18-19(15)9-10-21-13-7-5-12(20-2)6-8-13/h5-8H,3-4,9-10H2,1-2H3. The second-order valence-corrected chi connectivity index (χ2v) is 4.49. The van der Waals surface area contributed by atoms with Crippen LogP contribution in [0.25, 0.3) is 0 Å². The van der Waals surface area contributed by atoms with Gasteiger partial charge in [-0.25, -0.2) is 4.68 Å². The highest BCUT2D eigenvalue weighted by Crippen LogP contribution is 2.17. The highest BCUT2D eigenvalue weighted by atomic mass is 16.5. The van der Waals surface area contributed by atoms with Crippen molar-refractivity contribution in [2.45, 2.75) is 26.3 Å². The van der Waals surface area contributed by atoms with Crippen LogP contribution in [-0.2, 0) is 13.0 Å². The minimum atomic E-state index is 0.404. The van der Waals surface area contributed by atoms with Gasteiger partial charge in [-0.1, -0.05) is 18.6 Å². The Balaban J connectivity index is 1.93. The predicted molar refractivity (Wildman–Crippen MR) is 77.2 cm³/mol. The molecule has 0 unspecified atom stereocenters. The summed E-state index contributed by atoms with van der Waals surface area (Å²) in [5, 5.41) is 16.9. The predicted octanol–water partition coefficient (Wildman–Crippen LogP) is 2.19. The Hall–Kier alpha value is -2.55. The van der Waals surface area contributed by atoms with Gasteiger partial charge in [0, 0.05) is 0 Å². The first-order valence-corrected chi connectivity index (χ1v) is 6.87. The molecular weight excluding hydrogens is 268 g/mol. The molecule has 0 saturated carbocycles. The Bertz CT molecular complexity index is 614. The van der Waals surface area contributed by atoms with Gasteiger partial charge in [0.15, 0.2) is 5.69 Å². The van der Waals surface area contributed by atoms with Gasteiger partial charge in [-0.05, 0) is 30.7 Å². The summed E-state index contributed by atoms with van der Waals surface area (Å²) in [7, 11) is 1.63. The van der Waals surface area contributed by atoms with Crippen LogP contribution >= 0.6 is 0 Å². The largest absolute Gasteiger partial charge is 0.497 e. The summed E-state index contributed by atoms with van der Waals surface area (Å²) in [6.45, 7) is 3.10. The van der Waals surface area contributed by atoms with Gasteiger partial charge in [0.25, 0.3) is 0 Å². The molecule has 0 aliphatic heterocycles. The fourth-order valence-corrected chi connectivity index (χ4v) is 2.01. The Labute approximate surface area is 123 Å². The van der Waals surface area contributed by atoms with Gasteiger partial charge < -0.3 is 9.47 Å². The van der Waals surface area contributed by atoms with Crippen LogP contribution in [0.3, 0.4) is 0 Å². The van der Waals surface area contributed by atoms with Gasteiger partial charge in [-0.15, -0.1) is 5.10 Å². The summed E-state index contributed by atoms with van der Waals surface area (Å²) >= 11 is 0. The Kier molecular flexibility index (Phi) is 5.16. The van der Waals surface area contributed by atoms with Gasteiger partial charge >= 0.3 is 0 Å². The number of benzene rings is 1. The molecule has 0 spiro atoms. The quantitative estimate of drug-likeness (QED) is 0.780. The van der Waals surface area contributed by atoms with E-state index in [1.165, 1.54) is 0 Å². The summed E-state index contributed by atoms with van der Waals surface area (Å²) in [5.74, 6) is 1.57. The molecule has 2 rings (SSSR count). The monoisotopic (exact) mass is 286 g/mol. The van der Waals surface area contributed by atoms with E-state index < -0.39 is 0 Å². The molecule has 0 saturated heterocycles. The van der Waals surface area contributed by atoms with Gasteiger partial charge in [0.1, 0.15) is 24.2 Å². The average molecular weight is 286 g/mol. The van der Waals surface area contributed by atoms with Crippen molar-refractivity contribution in [2.75, 3.05) is 13.7 Å². The van der Waals surface area contributed by atoms with E-state index in [0.717, 1.165) is 30.0 Å². The first-order chi connectivity index (χ1) is 10.3. The molecule has 0 N–H and O–H groups in total. The number of ether oxygens (including phenoxy) is 2. The number of nitrogens with zero attached hydrogens (tertiary/aromatic N) is 4. The lowest BCUT2D eigenvalue weighted by Crippen LogP contribution is -2.12. The van der Waals surface area contributed by atoms with Crippen LogP contribution in [0, 0.1) is 11.3 Å². The average Bonchev–Trinajstić information content (AvgIpc) is 2.91. The molecule has 1 heterocycles. The molecule has 0 aliphatic carbocycles. The molecule has 6 heteroatoms. The molecule has 2 aromatic rings. The van der Waals surface area contributed by atoms with Crippen LogP contribution in [0.15, 0.2) is 24.3 Å². The third kappa shape index (κ3) is 3.72. The summed E-state index contributed by atoms with van der Waals surface area (Å²) < 4.78 is 12.5. The van der Waals surface area contributed by atoms with Crippen molar-refractivity contribution in [3.05, 3.63) is 35.7 Å². The fourth-order valence-electron chi connectivity index (χ4n) is 2.01. The molecule has 0 atom stereocenters. The fraction of sp³-hybridized carbons (Fsp3) is 0.400. The highest BCUT2D eigenvalue weighted by molar-refractivity contribution is 5.31. The zero-order valence-electron chi connectivity index (χ0n) is 12.2. The summed E-state index contributed by atoms with van der Waals surface area (Å²) in [6.07, 6.45) is 1.74. The van der Waals surface area contributed by atoms with Crippen molar-refractivity contribution in [1.29, 1.82) is 5.26 Å². The molecule has 0 bridgehead atoms. The minimum absolute atomic E-state index is 0.404. The van der Waals surface area contributed by atoms with Crippen LogP contribution in [-0.4, -0.2) is 28.7 Å². The van der Waals surface area contributed by atoms with E-state index in [-0.39, 0.29) is 0 Å². The van der Waals surface area contributed by atoms with Crippen LogP contribution in [0.1, 0.15) is 24.7 Å². The van der Waals surface area contributed by atoms with Gasteiger partial charge in [-0.3, -0.25) is 0 Å². The number of methoxy groups -OCH3 is 1. The lowest BCUT2D eigenvalue weighted by atomic mass is 10.2. The number of hydrogen-bond donors (Lipinski definition) is 0. The van der Waals surface area contributed by atoms with E-state index in [1.807, 2.05) is 24.3 Å². The van der Waals surface area contributed by atoms with E-state index in [4.69, 9.17) is 14.7 Å². The SMILES string of the molecule is CCCc1c(C#N)nnn1CCOc1ccc(OC)cc1. The van der Waals surface area contributed by atoms with E-state index >= 15 is 0 Å². The van der Waals surface area contributed by atoms with E-state index in [9.17, 15) is 0 Å². The van der Waals surface area contributed by atoms with Crippen LogP contribution in [0.2, 0.25) is 0 Å². The molecule has 0 radical (unpaired) electrons. The second kappa shape index (κ2) is 7.29. The van der Waals surface area contributed by atoms with E-state index in [1.54, 1.807) is 11.8 Å². The molecule has 1 aromatic carbocycles. The molecule has 1 aromatic heterocycles. The molecule has 21 heavy (non-hydrogen) atoms. The van der Waals surface area contributed by atoms with Crippen LogP contribution in [0.5, 0.6) is 11.5 Å².